The fourth-order valence-electron chi connectivity index (χ4n) is 12.8. The van der Waals surface area contributed by atoms with Crippen molar-refractivity contribution in [3.63, 3.8) is 0 Å². The van der Waals surface area contributed by atoms with Gasteiger partial charge in [-0.3, -0.25) is 0 Å². The highest BCUT2D eigenvalue weighted by atomic mass is 16.7. The maximum Gasteiger partial charge on any atom is 0.331 e. The molecule has 0 aromatic heterocycles. The van der Waals surface area contributed by atoms with Crippen LogP contribution >= 0.6 is 0 Å². The predicted molar refractivity (Wildman–Crippen MR) is 191 cm³/mol. The topological polar surface area (TPSA) is 183 Å². The highest BCUT2D eigenvalue weighted by molar-refractivity contribution is 5.85. The smallest absolute Gasteiger partial charge is 0.331 e. The molecule has 0 aromatic carbocycles. The zero-order chi connectivity index (χ0) is 38.3. The number of fused-ring (bicyclic) bond motifs is 5. The van der Waals surface area contributed by atoms with Crippen LogP contribution in [0.5, 0.6) is 0 Å². The van der Waals surface area contributed by atoms with Crippen molar-refractivity contribution >= 4 is 5.97 Å². The molecule has 0 amide bonds. The normalized spacial score (nSPS) is 55.0. The van der Waals surface area contributed by atoms with E-state index in [2.05, 4.69) is 13.8 Å². The number of carbonyl (C=O) groups is 1. The van der Waals surface area contributed by atoms with Crippen LogP contribution in [0.2, 0.25) is 0 Å². The van der Waals surface area contributed by atoms with Crippen molar-refractivity contribution in [2.45, 2.75) is 197 Å². The molecule has 20 atom stereocenters. The van der Waals surface area contributed by atoms with Crippen molar-refractivity contribution in [1.82, 2.24) is 0 Å². The first-order valence-electron chi connectivity index (χ1n) is 20.8. The third-order valence-corrected chi connectivity index (χ3v) is 15.9. The van der Waals surface area contributed by atoms with Gasteiger partial charge in [0.25, 0.3) is 0 Å². The summed E-state index contributed by atoms with van der Waals surface area (Å²) in [5, 5.41) is 55.0. The Hall–Kier alpha value is -1.23. The van der Waals surface area contributed by atoms with Crippen molar-refractivity contribution in [2.24, 2.45) is 34.5 Å². The van der Waals surface area contributed by atoms with Gasteiger partial charge in [0.1, 0.15) is 24.9 Å². The van der Waals surface area contributed by atoms with Crippen LogP contribution in [0.15, 0.2) is 11.6 Å². The van der Waals surface area contributed by atoms with Crippen molar-refractivity contribution in [3.8, 4) is 0 Å². The molecule has 0 aromatic rings. The molecule has 54 heavy (non-hydrogen) atoms. The highest BCUT2D eigenvalue weighted by Gasteiger charge is 2.68. The number of rotatable bonds is 7. The summed E-state index contributed by atoms with van der Waals surface area (Å²) in [6.07, 6.45) is 1.90. The molecule has 13 heteroatoms. The number of aliphatic hydroxyl groups excluding tert-OH is 4. The summed E-state index contributed by atoms with van der Waals surface area (Å²) in [4.78, 5) is 11.9. The third-order valence-electron chi connectivity index (χ3n) is 15.9. The average molecular weight is 765 g/mol. The molecule has 4 heterocycles. The van der Waals surface area contributed by atoms with Gasteiger partial charge in [0.15, 0.2) is 18.9 Å². The van der Waals surface area contributed by atoms with Crippen LogP contribution in [0.3, 0.4) is 0 Å². The molecule has 4 aliphatic carbocycles. The third kappa shape index (κ3) is 6.82. The minimum Gasteiger partial charge on any atom is -0.458 e. The van der Waals surface area contributed by atoms with Crippen molar-refractivity contribution in [3.05, 3.63) is 11.6 Å². The van der Waals surface area contributed by atoms with Gasteiger partial charge in [-0.1, -0.05) is 13.8 Å². The Morgan fingerprint density at radius 1 is 0.685 bits per heavy atom. The summed E-state index contributed by atoms with van der Waals surface area (Å²) in [6.45, 7) is 10.4. The lowest BCUT2D eigenvalue weighted by Crippen LogP contribution is -2.62. The Bertz CT molecular complexity index is 1370. The predicted octanol–water partition coefficient (Wildman–Crippen LogP) is 3.25. The maximum absolute atomic E-state index is 12.6. The maximum atomic E-state index is 12.6. The second-order valence-corrected chi connectivity index (χ2v) is 18.7. The Morgan fingerprint density at radius 3 is 1.89 bits per heavy atom. The van der Waals surface area contributed by atoms with E-state index in [0.29, 0.717) is 18.4 Å². The molecule has 5 unspecified atom stereocenters. The summed E-state index contributed by atoms with van der Waals surface area (Å²) in [5.41, 5.74) is 0.215. The van der Waals surface area contributed by atoms with Gasteiger partial charge in [-0.2, -0.15) is 0 Å². The number of hydrogen-bond acceptors (Lipinski definition) is 13. The number of ether oxygens (including phenoxy) is 7. The van der Waals surface area contributed by atoms with Crippen molar-refractivity contribution < 1.29 is 63.5 Å². The zero-order valence-electron chi connectivity index (χ0n) is 32.6. The van der Waals surface area contributed by atoms with Gasteiger partial charge in [0.05, 0.1) is 48.3 Å². The second-order valence-electron chi connectivity index (χ2n) is 18.7. The van der Waals surface area contributed by atoms with E-state index in [-0.39, 0.29) is 54.0 Å². The quantitative estimate of drug-likeness (QED) is 0.188. The van der Waals surface area contributed by atoms with Gasteiger partial charge >= 0.3 is 5.97 Å². The van der Waals surface area contributed by atoms with Gasteiger partial charge in [0, 0.05) is 30.8 Å². The first-order valence-corrected chi connectivity index (χ1v) is 20.8. The lowest BCUT2D eigenvalue weighted by atomic mass is 9.43. The molecular weight excluding hydrogens is 700 g/mol. The molecule has 13 nitrogen and oxygen atoms in total. The van der Waals surface area contributed by atoms with Crippen LogP contribution < -0.4 is 0 Å². The van der Waals surface area contributed by atoms with Gasteiger partial charge in [-0.15, -0.1) is 0 Å². The van der Waals surface area contributed by atoms with E-state index in [1.807, 2.05) is 6.92 Å². The lowest BCUT2D eigenvalue weighted by Gasteiger charge is -2.64. The Balaban J connectivity index is 0.826. The van der Waals surface area contributed by atoms with E-state index >= 15 is 0 Å². The second kappa shape index (κ2) is 14.9. The average Bonchev–Trinajstić information content (AvgIpc) is 3.66. The first-order chi connectivity index (χ1) is 25.6. The summed E-state index contributed by atoms with van der Waals surface area (Å²) < 4.78 is 42.2. The van der Waals surface area contributed by atoms with Gasteiger partial charge in [0.2, 0.25) is 0 Å². The van der Waals surface area contributed by atoms with Crippen molar-refractivity contribution in [2.75, 3.05) is 6.61 Å². The minimum absolute atomic E-state index is 0.0243. The molecule has 8 rings (SSSR count). The van der Waals surface area contributed by atoms with Crippen LogP contribution in [0.1, 0.15) is 112 Å². The van der Waals surface area contributed by atoms with Crippen LogP contribution in [0.4, 0.5) is 0 Å². The molecule has 4 saturated carbocycles. The molecule has 0 bridgehead atoms. The van der Waals surface area contributed by atoms with Gasteiger partial charge in [-0.05, 0) is 113 Å². The molecule has 0 radical (unpaired) electrons. The van der Waals surface area contributed by atoms with Crippen LogP contribution in [-0.2, 0) is 38.0 Å². The molecule has 0 spiro atoms. The van der Waals surface area contributed by atoms with Crippen LogP contribution in [-0.4, -0.2) is 124 Å². The highest BCUT2D eigenvalue weighted by Crippen LogP contribution is 2.70. The Morgan fingerprint density at radius 2 is 1.30 bits per heavy atom. The van der Waals surface area contributed by atoms with E-state index in [1.54, 1.807) is 19.9 Å². The molecule has 3 saturated heterocycles. The Labute approximate surface area is 319 Å². The molecule has 306 valence electrons. The molecule has 5 N–H and O–H groups in total. The zero-order valence-corrected chi connectivity index (χ0v) is 32.6. The van der Waals surface area contributed by atoms with E-state index < -0.39 is 79.4 Å². The monoisotopic (exact) mass is 764 g/mol. The molecular formula is C41H64O13. The summed E-state index contributed by atoms with van der Waals surface area (Å²) in [5.74, 6) is 1.13. The fourth-order valence-corrected chi connectivity index (χ4v) is 12.8. The number of hydrogen-bond donors (Lipinski definition) is 5. The number of cyclic esters (lactones) is 1. The van der Waals surface area contributed by atoms with E-state index in [4.69, 9.17) is 33.2 Å². The summed E-state index contributed by atoms with van der Waals surface area (Å²) in [6, 6.07) is 0. The van der Waals surface area contributed by atoms with Crippen molar-refractivity contribution in [1.29, 1.82) is 0 Å². The summed E-state index contributed by atoms with van der Waals surface area (Å²) >= 11 is 0. The fraction of sp³-hybridized carbons (Fsp3) is 0.927. The lowest BCUT2D eigenvalue weighted by molar-refractivity contribution is -0.336. The Kier molecular flexibility index (Phi) is 10.9. The largest absolute Gasteiger partial charge is 0.458 e. The van der Waals surface area contributed by atoms with Gasteiger partial charge < -0.3 is 58.7 Å². The molecule has 7 fully saturated rings. The van der Waals surface area contributed by atoms with E-state index in [0.717, 1.165) is 63.4 Å². The standard InChI is InChI=1S/C41H64O13/c1-20-36(46)29(42)16-34(49-20)53-38-22(3)51-35(18-31(38)44)54-37-21(2)50-33(17-30(37)43)52-25-8-11-39(4)24(15-25)6-7-28-27(39)9-12-40(5)26(10-13-41(28,40)47)23-14-32(45)48-19-23/h14,20-22,24-31,33-38,42-44,46-47H,6-13,15-19H2,1-5H3/t20?,21?,22?,24-,25+,26-,27?,28?,29-,30-,31-,33+,34+,35+,36-,37-,38-,39+,40-,41+/m1/s1. The minimum atomic E-state index is -0.996. The first kappa shape index (κ1) is 39.6. The number of carbonyl (C=O) groups excluding carboxylic acids is 1. The number of esters is 1. The molecule has 4 aliphatic heterocycles. The molecule has 8 aliphatic rings. The van der Waals surface area contributed by atoms with Crippen LogP contribution in [0.25, 0.3) is 0 Å². The van der Waals surface area contributed by atoms with E-state index in [9.17, 15) is 30.3 Å². The van der Waals surface area contributed by atoms with Crippen LogP contribution in [0, 0.1) is 34.5 Å². The summed E-state index contributed by atoms with van der Waals surface area (Å²) in [7, 11) is 0. The SMILES string of the molecule is CC1O[C@@H](O[C@@H]2C(C)O[C@@H](O[C@@H]3C(C)O[C@@H](O[C@H]4CC[C@]5(C)C6CC[C@]7(C)[C@@H](C8=CC(=O)OC8)CC[C@]7(O)C6CC[C@@H]5C4)C[C@H]3O)C[C@H]2O)C[C@@H](O)[C@@H]1O. The number of aliphatic hydroxyl groups is 5. The van der Waals surface area contributed by atoms with E-state index in [1.165, 1.54) is 0 Å². The van der Waals surface area contributed by atoms with Gasteiger partial charge in [-0.25, -0.2) is 4.79 Å².